The molecule has 4 atom stereocenters. The quantitative estimate of drug-likeness (QED) is 0.856. The Morgan fingerprint density at radius 2 is 2.00 bits per heavy atom. The average molecular weight is 295 g/mol. The van der Waals surface area contributed by atoms with Gasteiger partial charge in [0.05, 0.1) is 0 Å². The molecule has 120 valence electrons. The summed E-state index contributed by atoms with van der Waals surface area (Å²) < 4.78 is 0. The number of nitrogens with one attached hydrogen (secondary N) is 1. The molecule has 2 rings (SSSR count). The summed E-state index contributed by atoms with van der Waals surface area (Å²) in [6.45, 7) is 8.97. The summed E-state index contributed by atoms with van der Waals surface area (Å²) in [6, 6.07) is 0.329. The number of carbonyl (C=O) groups is 2. The van der Waals surface area contributed by atoms with Crippen LogP contribution in [0.15, 0.2) is 0 Å². The number of rotatable bonds is 3. The van der Waals surface area contributed by atoms with Gasteiger partial charge in [-0.05, 0) is 46.6 Å². The van der Waals surface area contributed by atoms with Gasteiger partial charge in [0.1, 0.15) is 11.6 Å². The zero-order chi connectivity index (χ0) is 15.8. The smallest absolute Gasteiger partial charge is 0.248 e. The molecule has 2 aliphatic heterocycles. The highest BCUT2D eigenvalue weighted by atomic mass is 16.2. The lowest BCUT2D eigenvalue weighted by molar-refractivity contribution is -0.159. The number of piperazine rings is 1. The summed E-state index contributed by atoms with van der Waals surface area (Å²) in [7, 11) is 2.12. The van der Waals surface area contributed by atoms with Crippen LogP contribution in [0.2, 0.25) is 0 Å². The van der Waals surface area contributed by atoms with Crippen LogP contribution in [0.1, 0.15) is 53.4 Å². The maximum Gasteiger partial charge on any atom is 0.248 e. The van der Waals surface area contributed by atoms with Crippen LogP contribution in [0.4, 0.5) is 0 Å². The van der Waals surface area contributed by atoms with Gasteiger partial charge in [-0.1, -0.05) is 13.8 Å². The van der Waals surface area contributed by atoms with Crippen molar-refractivity contribution in [2.45, 2.75) is 77.0 Å². The zero-order valence-corrected chi connectivity index (χ0v) is 14.0. The second-order valence-electron chi connectivity index (χ2n) is 6.82. The van der Waals surface area contributed by atoms with Crippen LogP contribution >= 0.6 is 0 Å². The van der Waals surface area contributed by atoms with E-state index in [-0.39, 0.29) is 23.9 Å². The third kappa shape index (κ3) is 2.80. The summed E-state index contributed by atoms with van der Waals surface area (Å²) in [5.74, 6) is 0.103. The highest BCUT2D eigenvalue weighted by molar-refractivity contribution is 5.99. The molecule has 0 spiro atoms. The van der Waals surface area contributed by atoms with Gasteiger partial charge in [-0.15, -0.1) is 0 Å². The third-order valence-electron chi connectivity index (χ3n) is 5.41. The molecule has 2 saturated heterocycles. The number of nitrogens with zero attached hydrogens (tertiary/aromatic N) is 2. The van der Waals surface area contributed by atoms with Crippen molar-refractivity contribution in [2.75, 3.05) is 13.6 Å². The van der Waals surface area contributed by atoms with Crippen molar-refractivity contribution in [3.8, 4) is 0 Å². The van der Waals surface area contributed by atoms with E-state index < -0.39 is 5.54 Å². The SMILES string of the molecule is CCC1C(=O)NC(C)(CC)C(=O)N1C1CCN(C)C(C)C1. The van der Waals surface area contributed by atoms with E-state index in [1.807, 2.05) is 25.7 Å². The topological polar surface area (TPSA) is 52.7 Å². The van der Waals surface area contributed by atoms with Crippen LogP contribution in [0.25, 0.3) is 0 Å². The van der Waals surface area contributed by atoms with Gasteiger partial charge >= 0.3 is 0 Å². The molecular formula is C16H29N3O2. The van der Waals surface area contributed by atoms with Crippen molar-refractivity contribution in [1.29, 1.82) is 0 Å². The number of piperidine rings is 1. The van der Waals surface area contributed by atoms with E-state index in [0.717, 1.165) is 19.4 Å². The Labute approximate surface area is 128 Å². The van der Waals surface area contributed by atoms with Crippen molar-refractivity contribution in [1.82, 2.24) is 15.1 Å². The zero-order valence-electron chi connectivity index (χ0n) is 14.0. The summed E-state index contributed by atoms with van der Waals surface area (Å²) in [4.78, 5) is 29.6. The minimum Gasteiger partial charge on any atom is -0.340 e. The van der Waals surface area contributed by atoms with E-state index in [1.54, 1.807) is 0 Å². The minimum absolute atomic E-state index is 0.00744. The maximum absolute atomic E-state index is 13.0. The van der Waals surface area contributed by atoms with Crippen molar-refractivity contribution in [2.24, 2.45) is 0 Å². The highest BCUT2D eigenvalue weighted by Gasteiger charge is 2.49. The lowest BCUT2D eigenvalue weighted by Gasteiger charge is -2.50. The maximum atomic E-state index is 13.0. The average Bonchev–Trinajstić information content (AvgIpc) is 2.45. The third-order valence-corrected chi connectivity index (χ3v) is 5.41. The van der Waals surface area contributed by atoms with E-state index in [4.69, 9.17) is 0 Å². The fourth-order valence-electron chi connectivity index (χ4n) is 3.52. The van der Waals surface area contributed by atoms with Crippen LogP contribution in [-0.4, -0.2) is 58.9 Å². The molecule has 5 nitrogen and oxygen atoms in total. The van der Waals surface area contributed by atoms with E-state index in [9.17, 15) is 9.59 Å². The van der Waals surface area contributed by atoms with E-state index in [0.29, 0.717) is 18.9 Å². The van der Waals surface area contributed by atoms with Crippen molar-refractivity contribution < 1.29 is 9.59 Å². The first-order chi connectivity index (χ1) is 9.84. The molecule has 2 heterocycles. The summed E-state index contributed by atoms with van der Waals surface area (Å²) >= 11 is 0. The lowest BCUT2D eigenvalue weighted by atomic mass is 9.87. The number of likely N-dealkylation sites (tertiary alicyclic amines) is 1. The fourth-order valence-corrected chi connectivity index (χ4v) is 3.52. The number of hydrogen-bond donors (Lipinski definition) is 1. The molecule has 21 heavy (non-hydrogen) atoms. The molecule has 1 N–H and O–H groups in total. The Balaban J connectivity index is 2.28. The molecule has 0 aromatic rings. The monoisotopic (exact) mass is 295 g/mol. The predicted molar refractivity (Wildman–Crippen MR) is 82.9 cm³/mol. The molecule has 2 fully saturated rings. The molecule has 2 aliphatic rings. The van der Waals surface area contributed by atoms with Crippen LogP contribution in [0, 0.1) is 0 Å². The molecule has 0 radical (unpaired) electrons. The first-order valence-electron chi connectivity index (χ1n) is 8.19. The van der Waals surface area contributed by atoms with Gasteiger partial charge in [0.25, 0.3) is 0 Å². The second-order valence-corrected chi connectivity index (χ2v) is 6.82. The van der Waals surface area contributed by atoms with Gasteiger partial charge in [-0.2, -0.15) is 0 Å². The first-order valence-corrected chi connectivity index (χ1v) is 8.19. The van der Waals surface area contributed by atoms with Crippen LogP contribution in [0.3, 0.4) is 0 Å². The highest BCUT2D eigenvalue weighted by Crippen LogP contribution is 2.30. The van der Waals surface area contributed by atoms with Crippen LogP contribution in [-0.2, 0) is 9.59 Å². The second kappa shape index (κ2) is 5.95. The lowest BCUT2D eigenvalue weighted by Crippen LogP contribution is -2.71. The van der Waals surface area contributed by atoms with Crippen LogP contribution in [0.5, 0.6) is 0 Å². The van der Waals surface area contributed by atoms with E-state index >= 15 is 0 Å². The molecule has 0 bridgehead atoms. The van der Waals surface area contributed by atoms with Gasteiger partial charge in [-0.3, -0.25) is 9.59 Å². The fraction of sp³-hybridized carbons (Fsp3) is 0.875. The summed E-state index contributed by atoms with van der Waals surface area (Å²) in [6.07, 6.45) is 3.22. The Morgan fingerprint density at radius 3 is 2.52 bits per heavy atom. The van der Waals surface area contributed by atoms with Crippen molar-refractivity contribution in [3.63, 3.8) is 0 Å². The Hall–Kier alpha value is -1.10. The Bertz CT molecular complexity index is 426. The molecule has 2 amide bonds. The van der Waals surface area contributed by atoms with Gasteiger partial charge < -0.3 is 15.1 Å². The molecule has 0 saturated carbocycles. The molecule has 0 aromatic carbocycles. The van der Waals surface area contributed by atoms with Crippen LogP contribution < -0.4 is 5.32 Å². The van der Waals surface area contributed by atoms with E-state index in [1.165, 1.54) is 0 Å². The van der Waals surface area contributed by atoms with Crippen molar-refractivity contribution in [3.05, 3.63) is 0 Å². The summed E-state index contributed by atoms with van der Waals surface area (Å²) in [5, 5.41) is 2.94. The number of carbonyl (C=O) groups excluding carboxylic acids is 2. The number of amides is 2. The van der Waals surface area contributed by atoms with E-state index in [2.05, 4.69) is 24.2 Å². The molecule has 0 aliphatic carbocycles. The van der Waals surface area contributed by atoms with Gasteiger partial charge in [0, 0.05) is 18.6 Å². The normalized spacial score (nSPS) is 38.5. The molecule has 0 aromatic heterocycles. The molecule has 5 heteroatoms. The first kappa shape index (κ1) is 16.3. The standard InChI is InChI=1S/C16H29N3O2/c1-6-13-14(20)17-16(4,7-2)15(21)19(13)12-8-9-18(5)11(3)10-12/h11-13H,6-10H2,1-5H3,(H,17,20). The van der Waals surface area contributed by atoms with Crippen molar-refractivity contribution >= 4 is 11.8 Å². The van der Waals surface area contributed by atoms with Gasteiger partial charge in [0.15, 0.2) is 0 Å². The predicted octanol–water partition coefficient (Wildman–Crippen LogP) is 1.37. The summed E-state index contributed by atoms with van der Waals surface area (Å²) in [5.41, 5.74) is -0.741. The number of hydrogen-bond acceptors (Lipinski definition) is 3. The molecular weight excluding hydrogens is 266 g/mol. The Morgan fingerprint density at radius 1 is 1.33 bits per heavy atom. The van der Waals surface area contributed by atoms with Gasteiger partial charge in [-0.25, -0.2) is 0 Å². The van der Waals surface area contributed by atoms with Gasteiger partial charge in [0.2, 0.25) is 11.8 Å². The molecule has 4 unspecified atom stereocenters. The largest absolute Gasteiger partial charge is 0.340 e. The minimum atomic E-state index is -0.741. The Kier molecular flexibility index (Phi) is 4.61.